The van der Waals surface area contributed by atoms with Crippen molar-refractivity contribution in [1.29, 1.82) is 0 Å². The third-order valence-corrected chi connectivity index (χ3v) is 2.71. The number of allylic oxidation sites excluding steroid dienone is 4. The van der Waals surface area contributed by atoms with Gasteiger partial charge in [0, 0.05) is 21.7 Å². The maximum absolute atomic E-state index is 8.99. The largest absolute Gasteiger partial charge is 1.00 e. The van der Waals surface area contributed by atoms with Gasteiger partial charge in [-0.1, -0.05) is 26.8 Å². The van der Waals surface area contributed by atoms with Crippen molar-refractivity contribution < 1.29 is 51.6 Å². The van der Waals surface area contributed by atoms with Gasteiger partial charge < -0.3 is 29.9 Å². The number of phenols is 1. The summed E-state index contributed by atoms with van der Waals surface area (Å²) in [5, 5.41) is 8.99. The molecule has 1 N–H and O–H groups in total. The number of hydrogen-bond donors (Lipinski definition) is 1. The Bertz CT molecular complexity index is 424. The normalized spacial score (nSPS) is 12.0. The van der Waals surface area contributed by atoms with Crippen LogP contribution < -0.4 is 24.8 Å². The zero-order valence-electron chi connectivity index (χ0n) is 13.3. The number of phenolic OH excluding ortho intramolecular Hbond substituents is 1. The second-order valence-corrected chi connectivity index (χ2v) is 5.79. The van der Waals surface area contributed by atoms with Gasteiger partial charge in [-0.25, -0.2) is 11.6 Å². The molecule has 0 aliphatic heterocycles. The molecule has 0 spiro atoms. The van der Waals surface area contributed by atoms with E-state index in [9.17, 15) is 0 Å². The van der Waals surface area contributed by atoms with E-state index >= 15 is 0 Å². The molecule has 0 heterocycles. The van der Waals surface area contributed by atoms with Crippen LogP contribution in [0.4, 0.5) is 0 Å². The third-order valence-electron chi connectivity index (χ3n) is 2.71. The van der Waals surface area contributed by atoms with Crippen LogP contribution in [0.5, 0.6) is 5.75 Å². The van der Waals surface area contributed by atoms with Crippen molar-refractivity contribution in [1.82, 2.24) is 0 Å². The molecule has 1 aromatic carbocycles. The van der Waals surface area contributed by atoms with Gasteiger partial charge >= 0.3 is 0 Å². The molecule has 1 aliphatic rings. The van der Waals surface area contributed by atoms with Crippen LogP contribution in [0.15, 0.2) is 35.9 Å². The number of rotatable bonds is 0. The summed E-state index contributed by atoms with van der Waals surface area (Å²) >= 11 is 0. The summed E-state index contributed by atoms with van der Waals surface area (Å²) in [5.74, 6) is 0.354. The Labute approximate surface area is 156 Å². The Morgan fingerprint density at radius 1 is 1.00 bits per heavy atom. The van der Waals surface area contributed by atoms with Crippen molar-refractivity contribution >= 4 is 0 Å². The average molecular weight is 362 g/mol. The number of hydrogen-bond acceptors (Lipinski definition) is 1. The van der Waals surface area contributed by atoms with Crippen molar-refractivity contribution in [3.63, 3.8) is 0 Å². The summed E-state index contributed by atoms with van der Waals surface area (Å²) in [4.78, 5) is 0. The van der Waals surface area contributed by atoms with Gasteiger partial charge in [-0.15, -0.1) is 6.42 Å². The minimum absolute atomic E-state index is 0. The number of aromatic hydroxyl groups is 1. The van der Waals surface area contributed by atoms with Crippen molar-refractivity contribution in [3.05, 3.63) is 53.1 Å². The SMILES string of the molecule is CC(C)(C)C1=[C-]CC=C1.Cc1cc(C)cc(O)c1.[Cl-].[Cl-].[Ti]. The minimum Gasteiger partial charge on any atom is -1.00 e. The molecule has 2 rings (SSSR count). The van der Waals surface area contributed by atoms with E-state index in [-0.39, 0.29) is 46.5 Å². The van der Waals surface area contributed by atoms with Crippen molar-refractivity contribution in [2.75, 3.05) is 0 Å². The van der Waals surface area contributed by atoms with Gasteiger partial charge in [-0.3, -0.25) is 6.08 Å². The molecule has 21 heavy (non-hydrogen) atoms. The van der Waals surface area contributed by atoms with Gasteiger partial charge in [0.25, 0.3) is 0 Å². The Balaban J connectivity index is -0.000000270. The van der Waals surface area contributed by atoms with E-state index in [0.29, 0.717) is 11.2 Å². The standard InChI is InChI=1S/C9H13.C8H10O.2ClH.Ti/c1-9(2,3)8-6-4-5-7-8;1-6-3-7(2)5-8(9)4-6;;;/h4,6H,5H2,1-3H3;3-5,9H,1-2H3;2*1H;/q-1;;;;/p-2. The Morgan fingerprint density at radius 2 is 1.48 bits per heavy atom. The summed E-state index contributed by atoms with van der Waals surface area (Å²) in [6.07, 6.45) is 8.63. The molecule has 1 aliphatic carbocycles. The van der Waals surface area contributed by atoms with Gasteiger partial charge in [-0.05, 0) is 42.5 Å². The van der Waals surface area contributed by atoms with E-state index in [1.54, 1.807) is 12.1 Å². The first-order valence-electron chi connectivity index (χ1n) is 6.34. The van der Waals surface area contributed by atoms with Crippen LogP contribution in [0.2, 0.25) is 0 Å². The molecule has 0 saturated carbocycles. The van der Waals surface area contributed by atoms with E-state index in [2.05, 4.69) is 39.0 Å². The minimum atomic E-state index is 0. The molecule has 0 amide bonds. The second kappa shape index (κ2) is 11.4. The van der Waals surface area contributed by atoms with Gasteiger partial charge in [0.05, 0.1) is 0 Å². The molecule has 0 aromatic heterocycles. The van der Waals surface area contributed by atoms with E-state index in [4.69, 9.17) is 5.11 Å². The summed E-state index contributed by atoms with van der Waals surface area (Å²) in [6, 6.07) is 5.51. The first-order valence-corrected chi connectivity index (χ1v) is 6.34. The molecular weight excluding hydrogens is 339 g/mol. The molecule has 0 saturated heterocycles. The van der Waals surface area contributed by atoms with Crippen LogP contribution in [-0.4, -0.2) is 5.11 Å². The smallest absolute Gasteiger partial charge is 0.116 e. The zero-order valence-corrected chi connectivity index (χ0v) is 16.4. The average Bonchev–Trinajstić information content (AvgIpc) is 2.66. The molecule has 0 radical (unpaired) electrons. The summed E-state index contributed by atoms with van der Waals surface area (Å²) in [6.45, 7) is 10.6. The van der Waals surface area contributed by atoms with Gasteiger partial charge in [-0.2, -0.15) is 6.08 Å². The molecule has 4 heteroatoms. The number of halogens is 2. The number of aryl methyl sites for hydroxylation is 2. The quantitative estimate of drug-likeness (QED) is 0.451. The molecule has 0 bridgehead atoms. The summed E-state index contributed by atoms with van der Waals surface area (Å²) in [5.41, 5.74) is 3.86. The van der Waals surface area contributed by atoms with Gasteiger partial charge in [0.2, 0.25) is 0 Å². The maximum atomic E-state index is 8.99. The molecule has 0 fully saturated rings. The van der Waals surface area contributed by atoms with Crippen LogP contribution in [0, 0.1) is 25.3 Å². The summed E-state index contributed by atoms with van der Waals surface area (Å²) in [7, 11) is 0. The first kappa shape index (κ1) is 25.7. The topological polar surface area (TPSA) is 20.2 Å². The van der Waals surface area contributed by atoms with E-state index < -0.39 is 0 Å². The van der Waals surface area contributed by atoms with Crippen LogP contribution in [-0.2, 0) is 21.7 Å². The Hall–Kier alpha value is -0.206. The van der Waals surface area contributed by atoms with Gasteiger partial charge in [0.15, 0.2) is 0 Å². The van der Waals surface area contributed by atoms with Crippen molar-refractivity contribution in [3.8, 4) is 5.75 Å². The van der Waals surface area contributed by atoms with E-state index in [0.717, 1.165) is 17.5 Å². The monoisotopic (exact) mass is 361 g/mol. The first-order chi connectivity index (χ1) is 8.29. The van der Waals surface area contributed by atoms with Crippen LogP contribution in [0.1, 0.15) is 38.3 Å². The fraction of sp³-hybridized carbons (Fsp3) is 0.412. The maximum Gasteiger partial charge on any atom is 0.116 e. The van der Waals surface area contributed by atoms with Gasteiger partial charge in [0.1, 0.15) is 5.75 Å². The molecule has 1 aromatic rings. The molecular formula is C17H23Cl2OTi-3. The Morgan fingerprint density at radius 3 is 1.71 bits per heavy atom. The van der Waals surface area contributed by atoms with Crippen molar-refractivity contribution in [2.24, 2.45) is 5.41 Å². The fourth-order valence-electron chi connectivity index (χ4n) is 1.87. The molecule has 0 atom stereocenters. The van der Waals surface area contributed by atoms with Crippen molar-refractivity contribution in [2.45, 2.75) is 41.0 Å². The molecule has 1 nitrogen and oxygen atoms in total. The fourth-order valence-corrected chi connectivity index (χ4v) is 1.87. The summed E-state index contributed by atoms with van der Waals surface area (Å²) < 4.78 is 0. The van der Waals surface area contributed by atoms with Crippen LogP contribution in [0.3, 0.4) is 0 Å². The zero-order chi connectivity index (χ0) is 13.8. The van der Waals surface area contributed by atoms with E-state index in [1.807, 2.05) is 19.9 Å². The third kappa shape index (κ3) is 10.2. The van der Waals surface area contributed by atoms with E-state index in [1.165, 1.54) is 5.57 Å². The number of benzene rings is 1. The van der Waals surface area contributed by atoms with Crippen LogP contribution in [0.25, 0.3) is 0 Å². The Kier molecular flexibility index (Phi) is 13.9. The predicted molar refractivity (Wildman–Crippen MR) is 77.5 cm³/mol. The van der Waals surface area contributed by atoms with Crippen LogP contribution >= 0.6 is 0 Å². The predicted octanol–water partition coefficient (Wildman–Crippen LogP) is -1.26. The molecule has 0 unspecified atom stereocenters. The molecule has 118 valence electrons. The second-order valence-electron chi connectivity index (χ2n) is 5.79.